The summed E-state index contributed by atoms with van der Waals surface area (Å²) in [6.07, 6.45) is 2.08. The zero-order valence-electron chi connectivity index (χ0n) is 10.4. The third kappa shape index (κ3) is 3.52. The summed E-state index contributed by atoms with van der Waals surface area (Å²) in [5, 5.41) is 18.3. The third-order valence-electron chi connectivity index (χ3n) is 2.94. The van der Waals surface area contributed by atoms with Crippen molar-refractivity contribution in [3.63, 3.8) is 0 Å². The fourth-order valence-electron chi connectivity index (χ4n) is 1.65. The molecule has 1 amide bonds. The number of nitrogens with two attached hydrogens (primary N) is 1. The first-order valence-electron chi connectivity index (χ1n) is 5.88. The number of non-ortho nitro benzene ring substituents is 1. The van der Waals surface area contributed by atoms with Crippen LogP contribution in [-0.4, -0.2) is 25.8 Å². The van der Waals surface area contributed by atoms with E-state index in [4.69, 9.17) is 5.14 Å². The molecule has 0 spiro atoms. The van der Waals surface area contributed by atoms with Crippen LogP contribution in [0.25, 0.3) is 0 Å². The van der Waals surface area contributed by atoms with Crippen molar-refractivity contribution < 1.29 is 18.1 Å². The zero-order valence-corrected chi connectivity index (χ0v) is 11.2. The molecule has 0 radical (unpaired) electrons. The lowest BCUT2D eigenvalue weighted by atomic mass is 10.2. The van der Waals surface area contributed by atoms with Crippen LogP contribution < -0.4 is 10.5 Å². The zero-order chi connectivity index (χ0) is 14.9. The van der Waals surface area contributed by atoms with Crippen molar-refractivity contribution in [2.75, 3.05) is 6.54 Å². The van der Waals surface area contributed by atoms with Gasteiger partial charge in [-0.25, -0.2) is 13.6 Å². The van der Waals surface area contributed by atoms with Crippen molar-refractivity contribution in [2.24, 2.45) is 11.1 Å². The van der Waals surface area contributed by atoms with Crippen molar-refractivity contribution in [3.8, 4) is 0 Å². The molecule has 3 N–H and O–H groups in total. The number of sulfonamides is 1. The molecule has 1 fully saturated rings. The molecule has 9 heteroatoms. The molecule has 20 heavy (non-hydrogen) atoms. The van der Waals surface area contributed by atoms with E-state index in [2.05, 4.69) is 5.32 Å². The van der Waals surface area contributed by atoms with E-state index in [0.29, 0.717) is 12.5 Å². The van der Waals surface area contributed by atoms with Gasteiger partial charge in [-0.3, -0.25) is 14.9 Å². The molecule has 2 rings (SSSR count). The maximum atomic E-state index is 11.9. The smallest absolute Gasteiger partial charge is 0.271 e. The van der Waals surface area contributed by atoms with E-state index in [-0.39, 0.29) is 5.56 Å². The van der Waals surface area contributed by atoms with E-state index in [9.17, 15) is 23.3 Å². The van der Waals surface area contributed by atoms with Gasteiger partial charge in [0.15, 0.2) is 0 Å². The molecule has 0 unspecified atom stereocenters. The molecule has 0 aromatic heterocycles. The van der Waals surface area contributed by atoms with Crippen LogP contribution in [0.1, 0.15) is 23.2 Å². The molecule has 0 saturated heterocycles. The molecule has 0 atom stereocenters. The summed E-state index contributed by atoms with van der Waals surface area (Å²) in [6.45, 7) is 0.478. The van der Waals surface area contributed by atoms with E-state index < -0.39 is 31.4 Å². The van der Waals surface area contributed by atoms with Crippen LogP contribution in [0.3, 0.4) is 0 Å². The van der Waals surface area contributed by atoms with E-state index in [1.54, 1.807) is 0 Å². The molecule has 1 aliphatic rings. The van der Waals surface area contributed by atoms with Crippen LogP contribution in [0.15, 0.2) is 23.1 Å². The average molecular weight is 299 g/mol. The fraction of sp³-hybridized carbons (Fsp3) is 0.364. The number of primary sulfonamides is 1. The Morgan fingerprint density at radius 1 is 1.40 bits per heavy atom. The molecule has 0 heterocycles. The summed E-state index contributed by atoms with van der Waals surface area (Å²) in [5.74, 6) is -0.110. The van der Waals surface area contributed by atoms with Gasteiger partial charge in [-0.15, -0.1) is 0 Å². The lowest BCUT2D eigenvalue weighted by Gasteiger charge is -2.06. The monoisotopic (exact) mass is 299 g/mol. The fourth-order valence-corrected chi connectivity index (χ4v) is 2.22. The lowest BCUT2D eigenvalue weighted by Crippen LogP contribution is -2.26. The van der Waals surface area contributed by atoms with Crippen LogP contribution >= 0.6 is 0 Å². The van der Waals surface area contributed by atoms with Crippen LogP contribution in [0, 0.1) is 16.0 Å². The lowest BCUT2D eigenvalue weighted by molar-refractivity contribution is -0.385. The van der Waals surface area contributed by atoms with Gasteiger partial charge in [0.25, 0.3) is 11.6 Å². The van der Waals surface area contributed by atoms with Crippen molar-refractivity contribution in [3.05, 3.63) is 33.9 Å². The molecular weight excluding hydrogens is 286 g/mol. The standard InChI is InChI=1S/C11H13N3O5S/c12-20(18,19)10-4-8(3-9(5-10)14(16)17)11(15)13-6-7-1-2-7/h3-5,7H,1-2,6H2,(H,13,15)(H2,12,18,19). The van der Waals surface area contributed by atoms with E-state index in [1.165, 1.54) is 0 Å². The SMILES string of the molecule is NS(=O)(=O)c1cc(C(=O)NCC2CC2)cc([N+](=O)[O-])c1. The molecule has 0 aliphatic heterocycles. The summed E-state index contributed by atoms with van der Waals surface area (Å²) in [5.41, 5.74) is -0.586. The highest BCUT2D eigenvalue weighted by molar-refractivity contribution is 7.89. The predicted molar refractivity (Wildman–Crippen MR) is 69.5 cm³/mol. The molecule has 8 nitrogen and oxygen atoms in total. The van der Waals surface area contributed by atoms with Gasteiger partial charge < -0.3 is 5.32 Å². The molecule has 0 bridgehead atoms. The number of amides is 1. The highest BCUT2D eigenvalue weighted by atomic mass is 32.2. The van der Waals surface area contributed by atoms with E-state index >= 15 is 0 Å². The normalized spacial score (nSPS) is 14.8. The van der Waals surface area contributed by atoms with Crippen LogP contribution in [-0.2, 0) is 10.0 Å². The van der Waals surface area contributed by atoms with Crippen molar-refractivity contribution in [1.82, 2.24) is 5.32 Å². The highest BCUT2D eigenvalue weighted by Crippen LogP contribution is 2.27. The Morgan fingerprint density at radius 2 is 2.05 bits per heavy atom. The summed E-state index contributed by atoms with van der Waals surface area (Å²) in [7, 11) is -4.12. The van der Waals surface area contributed by atoms with Crippen LogP contribution in [0.4, 0.5) is 5.69 Å². The number of nitro benzene ring substituents is 1. The van der Waals surface area contributed by atoms with Gasteiger partial charge in [0, 0.05) is 24.2 Å². The molecule has 108 valence electrons. The number of benzene rings is 1. The Hall–Kier alpha value is -2.00. The Labute approximate surface area is 115 Å². The summed E-state index contributed by atoms with van der Waals surface area (Å²) >= 11 is 0. The molecule has 1 saturated carbocycles. The number of carbonyl (C=O) groups is 1. The van der Waals surface area contributed by atoms with Crippen molar-refractivity contribution in [1.29, 1.82) is 0 Å². The van der Waals surface area contributed by atoms with E-state index in [1.807, 2.05) is 0 Å². The summed E-state index contributed by atoms with van der Waals surface area (Å²) in [6, 6.07) is 2.88. The maximum absolute atomic E-state index is 11.9. The van der Waals surface area contributed by atoms with Gasteiger partial charge in [-0.05, 0) is 24.8 Å². The maximum Gasteiger partial charge on any atom is 0.271 e. The first kappa shape index (κ1) is 14.4. The van der Waals surface area contributed by atoms with Gasteiger partial charge in [0.05, 0.1) is 9.82 Å². The molecule has 1 aliphatic carbocycles. The third-order valence-corrected chi connectivity index (χ3v) is 3.83. The second-order valence-electron chi connectivity index (χ2n) is 4.67. The minimum absolute atomic E-state index is 0.0936. The quantitative estimate of drug-likeness (QED) is 0.599. The Bertz CT molecular complexity index is 667. The minimum Gasteiger partial charge on any atom is -0.352 e. The topological polar surface area (TPSA) is 132 Å². The van der Waals surface area contributed by atoms with Gasteiger partial charge in [-0.2, -0.15) is 0 Å². The Balaban J connectivity index is 2.32. The molecular formula is C11H13N3O5S. The number of nitrogens with one attached hydrogen (secondary N) is 1. The van der Waals surface area contributed by atoms with Crippen LogP contribution in [0.5, 0.6) is 0 Å². The highest BCUT2D eigenvalue weighted by Gasteiger charge is 2.23. The second kappa shape index (κ2) is 5.17. The van der Waals surface area contributed by atoms with Gasteiger partial charge in [0.1, 0.15) is 0 Å². The number of hydrogen-bond acceptors (Lipinski definition) is 5. The van der Waals surface area contributed by atoms with Crippen molar-refractivity contribution in [2.45, 2.75) is 17.7 Å². The number of nitrogens with zero attached hydrogens (tertiary/aromatic N) is 1. The number of carbonyl (C=O) groups excluding carboxylic acids is 1. The van der Waals surface area contributed by atoms with Gasteiger partial charge in [-0.1, -0.05) is 0 Å². The van der Waals surface area contributed by atoms with Gasteiger partial charge in [0.2, 0.25) is 10.0 Å². The Morgan fingerprint density at radius 3 is 2.55 bits per heavy atom. The van der Waals surface area contributed by atoms with Crippen LogP contribution in [0.2, 0.25) is 0 Å². The first-order valence-corrected chi connectivity index (χ1v) is 7.42. The van der Waals surface area contributed by atoms with Crippen molar-refractivity contribution >= 4 is 21.6 Å². The largest absolute Gasteiger partial charge is 0.352 e. The number of hydrogen-bond donors (Lipinski definition) is 2. The average Bonchev–Trinajstić information content (AvgIpc) is 3.18. The second-order valence-corrected chi connectivity index (χ2v) is 6.23. The Kier molecular flexibility index (Phi) is 3.73. The minimum atomic E-state index is -4.12. The van der Waals surface area contributed by atoms with E-state index in [0.717, 1.165) is 31.0 Å². The number of nitro groups is 1. The molecule has 1 aromatic rings. The molecule has 1 aromatic carbocycles. The summed E-state index contributed by atoms with van der Waals surface area (Å²) in [4.78, 5) is 21.4. The first-order chi connectivity index (χ1) is 9.27. The number of rotatable bonds is 5. The van der Waals surface area contributed by atoms with Gasteiger partial charge >= 0.3 is 0 Å². The summed E-state index contributed by atoms with van der Waals surface area (Å²) < 4.78 is 22.6. The predicted octanol–water partition coefficient (Wildman–Crippen LogP) is 0.382.